The average molecular weight is 299 g/mol. The van der Waals surface area contributed by atoms with E-state index >= 15 is 0 Å². The lowest BCUT2D eigenvalue weighted by molar-refractivity contribution is -0.121. The number of benzene rings is 1. The molecule has 0 spiro atoms. The van der Waals surface area contributed by atoms with Gasteiger partial charge in [-0.05, 0) is 25.5 Å². The summed E-state index contributed by atoms with van der Waals surface area (Å²) in [5.74, 6) is -0.340. The van der Waals surface area contributed by atoms with Crippen LogP contribution in [0.2, 0.25) is 0 Å². The Balaban J connectivity index is 2.58. The molecule has 1 unspecified atom stereocenters. The first-order chi connectivity index (χ1) is 9.34. The number of hydrogen-bond acceptors (Lipinski definition) is 4. The van der Waals surface area contributed by atoms with Crippen LogP contribution < -0.4 is 11.1 Å². The minimum atomic E-state index is -3.63. The normalized spacial score (nSPS) is 13.2. The Labute approximate surface area is 120 Å². The van der Waals surface area contributed by atoms with Crippen molar-refractivity contribution in [3.63, 3.8) is 0 Å². The molecule has 1 aromatic carbocycles. The summed E-state index contributed by atoms with van der Waals surface area (Å²) in [6, 6.07) is 8.02. The fourth-order valence-electron chi connectivity index (χ4n) is 1.55. The first kappa shape index (κ1) is 16.6. The molecular weight excluding hydrogens is 278 g/mol. The second kappa shape index (κ2) is 7.37. The molecule has 0 aliphatic rings. The highest BCUT2D eigenvalue weighted by Gasteiger charge is 2.22. The van der Waals surface area contributed by atoms with Gasteiger partial charge in [-0.1, -0.05) is 18.2 Å². The van der Waals surface area contributed by atoms with Crippen molar-refractivity contribution in [2.75, 3.05) is 20.1 Å². The molecule has 1 aromatic rings. The molecule has 20 heavy (non-hydrogen) atoms. The molecule has 1 atom stereocenters. The third-order valence-electron chi connectivity index (χ3n) is 2.74. The molecule has 112 valence electrons. The molecule has 1 amide bonds. The SMILES string of the molecule is CC(N)CCNC(=O)CN(C)S(=O)(=O)c1ccccc1. The van der Waals surface area contributed by atoms with Gasteiger partial charge in [0.25, 0.3) is 0 Å². The van der Waals surface area contributed by atoms with Gasteiger partial charge in [0.1, 0.15) is 0 Å². The number of likely N-dealkylation sites (N-methyl/N-ethyl adjacent to an activating group) is 1. The molecule has 1 rings (SSSR count). The third-order valence-corrected chi connectivity index (χ3v) is 4.56. The topological polar surface area (TPSA) is 92.5 Å². The summed E-state index contributed by atoms with van der Waals surface area (Å²) in [6.45, 7) is 2.07. The molecule has 7 heteroatoms. The molecule has 6 nitrogen and oxygen atoms in total. The molecular formula is C13H21N3O3S. The van der Waals surface area contributed by atoms with E-state index in [0.717, 1.165) is 4.31 Å². The number of sulfonamides is 1. The number of rotatable bonds is 7. The van der Waals surface area contributed by atoms with Crippen molar-refractivity contribution in [3.05, 3.63) is 30.3 Å². The van der Waals surface area contributed by atoms with Crippen LogP contribution in [-0.4, -0.2) is 44.8 Å². The van der Waals surface area contributed by atoms with Crippen LogP contribution in [0.3, 0.4) is 0 Å². The van der Waals surface area contributed by atoms with Gasteiger partial charge in [0.2, 0.25) is 15.9 Å². The summed E-state index contributed by atoms with van der Waals surface area (Å²) in [5, 5.41) is 2.64. The molecule has 0 bridgehead atoms. The molecule has 0 saturated heterocycles. The van der Waals surface area contributed by atoms with Crippen molar-refractivity contribution in [2.45, 2.75) is 24.3 Å². The van der Waals surface area contributed by atoms with E-state index in [0.29, 0.717) is 13.0 Å². The van der Waals surface area contributed by atoms with E-state index in [2.05, 4.69) is 5.32 Å². The largest absolute Gasteiger partial charge is 0.355 e. The van der Waals surface area contributed by atoms with Gasteiger partial charge in [0.15, 0.2) is 0 Å². The fourth-order valence-corrected chi connectivity index (χ4v) is 2.70. The van der Waals surface area contributed by atoms with Crippen molar-refractivity contribution in [3.8, 4) is 0 Å². The van der Waals surface area contributed by atoms with Gasteiger partial charge in [-0.25, -0.2) is 8.42 Å². The van der Waals surface area contributed by atoms with Gasteiger partial charge < -0.3 is 11.1 Å². The number of nitrogens with zero attached hydrogens (tertiary/aromatic N) is 1. The minimum absolute atomic E-state index is 0.00100. The molecule has 0 aliphatic heterocycles. The highest BCUT2D eigenvalue weighted by atomic mass is 32.2. The van der Waals surface area contributed by atoms with Gasteiger partial charge >= 0.3 is 0 Å². The maximum Gasteiger partial charge on any atom is 0.243 e. The van der Waals surface area contributed by atoms with Gasteiger partial charge in [-0.3, -0.25) is 4.79 Å². The summed E-state index contributed by atoms with van der Waals surface area (Å²) in [7, 11) is -2.25. The number of carbonyl (C=O) groups excluding carboxylic acids is 1. The quantitative estimate of drug-likeness (QED) is 0.750. The van der Waals surface area contributed by atoms with E-state index in [1.807, 2.05) is 6.92 Å². The van der Waals surface area contributed by atoms with Crippen molar-refractivity contribution in [1.82, 2.24) is 9.62 Å². The van der Waals surface area contributed by atoms with Crippen LogP contribution >= 0.6 is 0 Å². The predicted molar refractivity (Wildman–Crippen MR) is 77.5 cm³/mol. The number of hydrogen-bond donors (Lipinski definition) is 2. The van der Waals surface area contributed by atoms with Crippen LogP contribution in [0.5, 0.6) is 0 Å². The second-order valence-corrected chi connectivity index (χ2v) is 6.73. The summed E-state index contributed by atoms with van der Waals surface area (Å²) in [4.78, 5) is 11.8. The summed E-state index contributed by atoms with van der Waals surface area (Å²) in [5.41, 5.74) is 5.57. The number of carbonyl (C=O) groups is 1. The summed E-state index contributed by atoms with van der Waals surface area (Å²) >= 11 is 0. The minimum Gasteiger partial charge on any atom is -0.355 e. The first-order valence-corrected chi connectivity index (χ1v) is 7.81. The van der Waals surface area contributed by atoms with Crippen molar-refractivity contribution < 1.29 is 13.2 Å². The standard InChI is InChI=1S/C13H21N3O3S/c1-11(14)8-9-15-13(17)10-16(2)20(18,19)12-6-4-3-5-7-12/h3-7,11H,8-10,14H2,1-2H3,(H,15,17). The van der Waals surface area contributed by atoms with E-state index in [1.54, 1.807) is 18.2 Å². The molecule has 0 aliphatic carbocycles. The number of nitrogens with two attached hydrogens (primary N) is 1. The van der Waals surface area contributed by atoms with E-state index in [-0.39, 0.29) is 23.4 Å². The maximum atomic E-state index is 12.2. The van der Waals surface area contributed by atoms with E-state index in [4.69, 9.17) is 5.73 Å². The summed E-state index contributed by atoms with van der Waals surface area (Å²) < 4.78 is 25.4. The second-order valence-electron chi connectivity index (χ2n) is 4.69. The molecule has 0 radical (unpaired) electrons. The molecule has 3 N–H and O–H groups in total. The fraction of sp³-hybridized carbons (Fsp3) is 0.462. The van der Waals surface area contributed by atoms with Crippen LogP contribution in [0.1, 0.15) is 13.3 Å². The Bertz CT molecular complexity index is 529. The zero-order valence-corrected chi connectivity index (χ0v) is 12.6. The Morgan fingerprint density at radius 2 is 1.95 bits per heavy atom. The highest BCUT2D eigenvalue weighted by molar-refractivity contribution is 7.89. The Morgan fingerprint density at radius 3 is 2.50 bits per heavy atom. The maximum absolute atomic E-state index is 12.2. The smallest absolute Gasteiger partial charge is 0.243 e. The molecule has 0 heterocycles. The van der Waals surface area contributed by atoms with Crippen LogP contribution in [0.4, 0.5) is 0 Å². The first-order valence-electron chi connectivity index (χ1n) is 6.37. The Kier molecular flexibility index (Phi) is 6.12. The molecule has 0 aromatic heterocycles. The van der Waals surface area contributed by atoms with Gasteiger partial charge in [0, 0.05) is 19.6 Å². The van der Waals surface area contributed by atoms with Gasteiger partial charge in [0.05, 0.1) is 11.4 Å². The molecule has 0 saturated carbocycles. The average Bonchev–Trinajstić information content (AvgIpc) is 2.39. The Morgan fingerprint density at radius 1 is 1.35 bits per heavy atom. The van der Waals surface area contributed by atoms with Crippen LogP contribution in [0, 0.1) is 0 Å². The highest BCUT2D eigenvalue weighted by Crippen LogP contribution is 2.12. The van der Waals surface area contributed by atoms with Crippen LogP contribution in [0.15, 0.2) is 35.2 Å². The molecule has 0 fully saturated rings. The van der Waals surface area contributed by atoms with Crippen molar-refractivity contribution >= 4 is 15.9 Å². The monoisotopic (exact) mass is 299 g/mol. The lowest BCUT2D eigenvalue weighted by Gasteiger charge is -2.17. The van der Waals surface area contributed by atoms with Gasteiger partial charge in [-0.15, -0.1) is 0 Å². The van der Waals surface area contributed by atoms with E-state index in [1.165, 1.54) is 19.2 Å². The number of amides is 1. The zero-order valence-electron chi connectivity index (χ0n) is 11.7. The number of nitrogens with one attached hydrogen (secondary N) is 1. The van der Waals surface area contributed by atoms with Crippen LogP contribution in [0.25, 0.3) is 0 Å². The zero-order chi connectivity index (χ0) is 15.2. The lowest BCUT2D eigenvalue weighted by Crippen LogP contribution is -2.39. The Hall–Kier alpha value is -1.44. The van der Waals surface area contributed by atoms with Crippen molar-refractivity contribution in [1.29, 1.82) is 0 Å². The summed E-state index contributed by atoms with van der Waals surface area (Å²) in [6.07, 6.45) is 0.654. The third kappa shape index (κ3) is 4.92. The van der Waals surface area contributed by atoms with Crippen LogP contribution in [-0.2, 0) is 14.8 Å². The predicted octanol–water partition coefficient (Wildman–Crippen LogP) is 0.161. The van der Waals surface area contributed by atoms with E-state index in [9.17, 15) is 13.2 Å². The van der Waals surface area contributed by atoms with Gasteiger partial charge in [-0.2, -0.15) is 4.31 Å². The van der Waals surface area contributed by atoms with E-state index < -0.39 is 10.0 Å². The lowest BCUT2D eigenvalue weighted by atomic mass is 10.2. The van der Waals surface area contributed by atoms with Crippen molar-refractivity contribution in [2.24, 2.45) is 5.73 Å².